The molecule has 0 saturated carbocycles. The zero-order valence-electron chi connectivity index (χ0n) is 6.90. The average Bonchev–Trinajstić information content (AvgIpc) is 2.54. The Morgan fingerprint density at radius 3 is 2.62 bits per heavy atom. The molecule has 0 saturated heterocycles. The van der Waals surface area contributed by atoms with Crippen LogP contribution in [0.25, 0.3) is 0 Å². The van der Waals surface area contributed by atoms with Crippen molar-refractivity contribution in [1.82, 2.24) is 4.98 Å². The molecule has 2 rings (SSSR count). The first-order valence-electron chi connectivity index (χ1n) is 3.98. The minimum atomic E-state index is 0.908. The molecular weight excluding hydrogens is 246 g/mol. The molecule has 0 aliphatic heterocycles. The first kappa shape index (κ1) is 8.91. The van der Waals surface area contributed by atoms with Crippen LogP contribution in [0.4, 0.5) is 0 Å². The highest BCUT2D eigenvalue weighted by Crippen LogP contribution is 2.22. The summed E-state index contributed by atoms with van der Waals surface area (Å²) in [5, 5.41) is 0. The standard InChI is InChI=1S/C10H8BrNS/c11-10-9(12-7-13-10)6-8-4-2-1-3-5-8/h1-5,7H,6H2. The molecular formula is C10H8BrNS. The molecule has 66 valence electrons. The van der Waals surface area contributed by atoms with Crippen molar-refractivity contribution in [3.05, 3.63) is 50.9 Å². The van der Waals surface area contributed by atoms with Gasteiger partial charge in [-0.15, -0.1) is 11.3 Å². The highest BCUT2D eigenvalue weighted by atomic mass is 79.9. The van der Waals surface area contributed by atoms with Gasteiger partial charge >= 0.3 is 0 Å². The summed E-state index contributed by atoms with van der Waals surface area (Å²) in [4.78, 5) is 4.28. The Bertz CT molecular complexity index is 383. The van der Waals surface area contributed by atoms with E-state index in [1.165, 1.54) is 5.56 Å². The zero-order chi connectivity index (χ0) is 9.10. The van der Waals surface area contributed by atoms with Crippen molar-refractivity contribution in [2.75, 3.05) is 0 Å². The van der Waals surface area contributed by atoms with Crippen molar-refractivity contribution in [1.29, 1.82) is 0 Å². The van der Waals surface area contributed by atoms with Gasteiger partial charge in [-0.3, -0.25) is 0 Å². The van der Waals surface area contributed by atoms with Crippen LogP contribution in [0.5, 0.6) is 0 Å². The fraction of sp³-hybridized carbons (Fsp3) is 0.100. The van der Waals surface area contributed by atoms with E-state index in [1.807, 2.05) is 11.6 Å². The lowest BCUT2D eigenvalue weighted by Crippen LogP contribution is -1.87. The van der Waals surface area contributed by atoms with Crippen LogP contribution in [-0.2, 0) is 6.42 Å². The average molecular weight is 254 g/mol. The molecule has 0 unspecified atom stereocenters. The van der Waals surface area contributed by atoms with Crippen molar-refractivity contribution < 1.29 is 0 Å². The molecule has 0 aliphatic carbocycles. The summed E-state index contributed by atoms with van der Waals surface area (Å²) in [6.45, 7) is 0. The normalized spacial score (nSPS) is 10.2. The van der Waals surface area contributed by atoms with E-state index in [2.05, 4.69) is 45.2 Å². The summed E-state index contributed by atoms with van der Waals surface area (Å²) >= 11 is 5.11. The number of hydrogen-bond donors (Lipinski definition) is 0. The van der Waals surface area contributed by atoms with Crippen LogP contribution in [0, 0.1) is 0 Å². The molecule has 0 bridgehead atoms. The predicted octanol–water partition coefficient (Wildman–Crippen LogP) is 3.50. The third kappa shape index (κ3) is 2.17. The summed E-state index contributed by atoms with van der Waals surface area (Å²) in [6.07, 6.45) is 0.908. The van der Waals surface area contributed by atoms with Crippen molar-refractivity contribution in [2.24, 2.45) is 0 Å². The number of hydrogen-bond acceptors (Lipinski definition) is 2. The Morgan fingerprint density at radius 2 is 2.00 bits per heavy atom. The molecule has 0 radical (unpaired) electrons. The van der Waals surface area contributed by atoms with Gasteiger partial charge < -0.3 is 0 Å². The van der Waals surface area contributed by atoms with E-state index in [4.69, 9.17) is 0 Å². The molecule has 13 heavy (non-hydrogen) atoms. The van der Waals surface area contributed by atoms with Crippen LogP contribution in [0.1, 0.15) is 11.3 Å². The van der Waals surface area contributed by atoms with Crippen LogP contribution in [0.15, 0.2) is 39.6 Å². The first-order chi connectivity index (χ1) is 6.36. The van der Waals surface area contributed by atoms with Gasteiger partial charge in [0.1, 0.15) is 0 Å². The smallest absolute Gasteiger partial charge is 0.0932 e. The molecule has 0 spiro atoms. The first-order valence-corrected chi connectivity index (χ1v) is 5.65. The molecule has 1 aromatic carbocycles. The zero-order valence-corrected chi connectivity index (χ0v) is 9.31. The van der Waals surface area contributed by atoms with E-state index in [0.717, 1.165) is 15.9 Å². The molecule has 1 aromatic heterocycles. The lowest BCUT2D eigenvalue weighted by Gasteiger charge is -1.97. The SMILES string of the molecule is Brc1scnc1Cc1ccccc1. The third-order valence-electron chi connectivity index (χ3n) is 1.81. The van der Waals surface area contributed by atoms with Gasteiger partial charge in [0.15, 0.2) is 0 Å². The van der Waals surface area contributed by atoms with Crippen LogP contribution in [0.2, 0.25) is 0 Å². The summed E-state index contributed by atoms with van der Waals surface area (Å²) in [5.74, 6) is 0. The van der Waals surface area contributed by atoms with Gasteiger partial charge in [-0.05, 0) is 21.5 Å². The van der Waals surface area contributed by atoms with Gasteiger partial charge in [-0.1, -0.05) is 30.3 Å². The fourth-order valence-electron chi connectivity index (χ4n) is 1.16. The molecule has 2 aromatic rings. The summed E-state index contributed by atoms with van der Waals surface area (Å²) in [5.41, 5.74) is 4.29. The van der Waals surface area contributed by atoms with Crippen molar-refractivity contribution >= 4 is 27.3 Å². The van der Waals surface area contributed by atoms with Crippen molar-refractivity contribution in [3.63, 3.8) is 0 Å². The molecule has 0 atom stereocenters. The van der Waals surface area contributed by atoms with E-state index >= 15 is 0 Å². The molecule has 1 heterocycles. The fourth-order valence-corrected chi connectivity index (χ4v) is 2.19. The second kappa shape index (κ2) is 4.03. The molecule has 3 heteroatoms. The van der Waals surface area contributed by atoms with Crippen LogP contribution >= 0.6 is 27.3 Å². The maximum atomic E-state index is 4.28. The number of thiazole rings is 1. The van der Waals surface area contributed by atoms with Crippen LogP contribution < -0.4 is 0 Å². The minimum Gasteiger partial charge on any atom is -0.248 e. The van der Waals surface area contributed by atoms with E-state index in [9.17, 15) is 0 Å². The second-order valence-corrected chi connectivity index (χ2v) is 4.91. The van der Waals surface area contributed by atoms with Crippen LogP contribution in [-0.4, -0.2) is 4.98 Å². The molecule has 0 amide bonds. The van der Waals surface area contributed by atoms with Crippen LogP contribution in [0.3, 0.4) is 0 Å². The highest BCUT2D eigenvalue weighted by molar-refractivity contribution is 9.11. The summed E-state index contributed by atoms with van der Waals surface area (Å²) < 4.78 is 1.14. The van der Waals surface area contributed by atoms with E-state index in [0.29, 0.717) is 0 Å². The summed E-state index contributed by atoms with van der Waals surface area (Å²) in [7, 11) is 0. The van der Waals surface area contributed by atoms with Gasteiger partial charge in [-0.2, -0.15) is 0 Å². The van der Waals surface area contributed by atoms with E-state index in [-0.39, 0.29) is 0 Å². The Kier molecular flexibility index (Phi) is 2.76. The maximum Gasteiger partial charge on any atom is 0.0932 e. The van der Waals surface area contributed by atoms with Crippen molar-refractivity contribution in [3.8, 4) is 0 Å². The molecule has 0 aliphatic rings. The van der Waals surface area contributed by atoms with Gasteiger partial charge in [0.2, 0.25) is 0 Å². The van der Waals surface area contributed by atoms with Gasteiger partial charge in [0, 0.05) is 6.42 Å². The highest BCUT2D eigenvalue weighted by Gasteiger charge is 2.02. The third-order valence-corrected chi connectivity index (χ3v) is 3.48. The van der Waals surface area contributed by atoms with E-state index in [1.54, 1.807) is 11.3 Å². The quantitative estimate of drug-likeness (QED) is 0.799. The van der Waals surface area contributed by atoms with Gasteiger partial charge in [-0.25, -0.2) is 4.98 Å². The molecule has 1 nitrogen and oxygen atoms in total. The second-order valence-electron chi connectivity index (χ2n) is 2.74. The predicted molar refractivity (Wildman–Crippen MR) is 59.1 cm³/mol. The minimum absolute atomic E-state index is 0.908. The Morgan fingerprint density at radius 1 is 1.23 bits per heavy atom. The number of halogens is 1. The van der Waals surface area contributed by atoms with E-state index < -0.39 is 0 Å². The van der Waals surface area contributed by atoms with Gasteiger partial charge in [0.25, 0.3) is 0 Å². The number of benzene rings is 1. The lowest BCUT2D eigenvalue weighted by atomic mass is 10.1. The maximum absolute atomic E-state index is 4.28. The summed E-state index contributed by atoms with van der Waals surface area (Å²) in [6, 6.07) is 10.4. The Balaban J connectivity index is 2.20. The number of rotatable bonds is 2. The van der Waals surface area contributed by atoms with Crippen molar-refractivity contribution in [2.45, 2.75) is 6.42 Å². The monoisotopic (exact) mass is 253 g/mol. The molecule has 0 fully saturated rings. The Labute approximate surface area is 89.6 Å². The Hall–Kier alpha value is -0.670. The van der Waals surface area contributed by atoms with Gasteiger partial charge in [0.05, 0.1) is 15.0 Å². The number of nitrogens with zero attached hydrogens (tertiary/aromatic N) is 1. The molecule has 0 N–H and O–H groups in total. The largest absolute Gasteiger partial charge is 0.248 e. The topological polar surface area (TPSA) is 12.9 Å². The lowest BCUT2D eigenvalue weighted by molar-refractivity contribution is 1.10. The number of aromatic nitrogens is 1.